The summed E-state index contributed by atoms with van der Waals surface area (Å²) >= 11 is 1.32. The highest BCUT2D eigenvalue weighted by Gasteiger charge is 2.21. The molecule has 0 amide bonds. The zero-order chi connectivity index (χ0) is 11.4. The Kier molecular flexibility index (Phi) is 4.27. The fourth-order valence-electron chi connectivity index (χ4n) is 1.63. The quantitative estimate of drug-likeness (QED) is 0.839. The molecule has 0 fully saturated rings. The molecule has 0 unspecified atom stereocenters. The van der Waals surface area contributed by atoms with Crippen LogP contribution in [0, 0.1) is 0 Å². The van der Waals surface area contributed by atoms with E-state index in [1.165, 1.54) is 11.3 Å². The van der Waals surface area contributed by atoms with Gasteiger partial charge >= 0.3 is 5.97 Å². The summed E-state index contributed by atoms with van der Waals surface area (Å²) in [6.45, 7) is 6.15. The molecule has 0 spiro atoms. The SMILES string of the molecule is CCc1nc(C(CC)CC)c(C(=O)O)s1. The molecule has 1 N–H and O–H groups in total. The van der Waals surface area contributed by atoms with Gasteiger partial charge in [-0.3, -0.25) is 0 Å². The lowest BCUT2D eigenvalue weighted by molar-refractivity contribution is 0.0700. The van der Waals surface area contributed by atoms with Gasteiger partial charge in [-0.05, 0) is 19.3 Å². The third-order valence-electron chi connectivity index (χ3n) is 2.57. The maximum absolute atomic E-state index is 11.1. The van der Waals surface area contributed by atoms with E-state index in [0.717, 1.165) is 30.0 Å². The Morgan fingerprint density at radius 3 is 2.40 bits per heavy atom. The molecule has 1 aromatic heterocycles. The number of hydrogen-bond acceptors (Lipinski definition) is 3. The van der Waals surface area contributed by atoms with Crippen LogP contribution in [0.15, 0.2) is 0 Å². The topological polar surface area (TPSA) is 50.2 Å². The molecule has 15 heavy (non-hydrogen) atoms. The van der Waals surface area contributed by atoms with Gasteiger partial charge in [-0.1, -0.05) is 20.8 Å². The number of aromatic nitrogens is 1. The van der Waals surface area contributed by atoms with Crippen molar-refractivity contribution in [2.45, 2.75) is 46.0 Å². The predicted octanol–water partition coefficient (Wildman–Crippen LogP) is 3.31. The molecule has 0 bridgehead atoms. The minimum atomic E-state index is -0.839. The summed E-state index contributed by atoms with van der Waals surface area (Å²) in [5.74, 6) is -0.554. The van der Waals surface area contributed by atoms with Gasteiger partial charge in [0.1, 0.15) is 4.88 Å². The zero-order valence-corrected chi connectivity index (χ0v) is 10.2. The van der Waals surface area contributed by atoms with Crippen LogP contribution in [0.1, 0.15) is 59.9 Å². The number of carboxylic acids is 1. The smallest absolute Gasteiger partial charge is 0.347 e. The van der Waals surface area contributed by atoms with Gasteiger partial charge in [0.15, 0.2) is 0 Å². The van der Waals surface area contributed by atoms with Crippen molar-refractivity contribution in [2.24, 2.45) is 0 Å². The van der Waals surface area contributed by atoms with Crippen LogP contribution >= 0.6 is 11.3 Å². The van der Waals surface area contributed by atoms with Gasteiger partial charge in [0.2, 0.25) is 0 Å². The summed E-state index contributed by atoms with van der Waals surface area (Å²) in [5.41, 5.74) is 0.786. The van der Waals surface area contributed by atoms with Crippen molar-refractivity contribution >= 4 is 17.3 Å². The lowest BCUT2D eigenvalue weighted by atomic mass is 9.98. The molecule has 1 heterocycles. The van der Waals surface area contributed by atoms with Gasteiger partial charge in [0.25, 0.3) is 0 Å². The van der Waals surface area contributed by atoms with E-state index >= 15 is 0 Å². The Labute approximate surface area is 94.2 Å². The molecular weight excluding hydrogens is 210 g/mol. The molecule has 0 atom stereocenters. The molecule has 1 rings (SSSR count). The van der Waals surface area contributed by atoms with E-state index in [1.54, 1.807) is 0 Å². The molecule has 0 saturated heterocycles. The van der Waals surface area contributed by atoms with E-state index in [4.69, 9.17) is 5.11 Å². The Morgan fingerprint density at radius 1 is 1.40 bits per heavy atom. The molecule has 3 nitrogen and oxygen atoms in total. The van der Waals surface area contributed by atoms with E-state index in [9.17, 15) is 4.79 Å². The van der Waals surface area contributed by atoms with E-state index < -0.39 is 5.97 Å². The first-order valence-electron chi connectivity index (χ1n) is 5.36. The first kappa shape index (κ1) is 12.2. The van der Waals surface area contributed by atoms with E-state index in [-0.39, 0.29) is 5.92 Å². The fourth-order valence-corrected chi connectivity index (χ4v) is 2.56. The van der Waals surface area contributed by atoms with Gasteiger partial charge in [0.05, 0.1) is 10.7 Å². The molecule has 0 aromatic carbocycles. The van der Waals surface area contributed by atoms with Crippen LogP contribution in [0.4, 0.5) is 0 Å². The molecule has 1 aromatic rings. The van der Waals surface area contributed by atoms with E-state index in [0.29, 0.717) is 4.88 Å². The highest BCUT2D eigenvalue weighted by molar-refractivity contribution is 7.13. The maximum atomic E-state index is 11.1. The molecule has 0 radical (unpaired) electrons. The number of thiazole rings is 1. The first-order chi connectivity index (χ1) is 7.13. The number of rotatable bonds is 5. The lowest BCUT2D eigenvalue weighted by Crippen LogP contribution is -2.04. The first-order valence-corrected chi connectivity index (χ1v) is 6.18. The normalized spacial score (nSPS) is 10.9. The van der Waals surface area contributed by atoms with Crippen LogP contribution in [-0.2, 0) is 6.42 Å². The second kappa shape index (κ2) is 5.26. The van der Waals surface area contributed by atoms with Crippen molar-refractivity contribution in [3.63, 3.8) is 0 Å². The van der Waals surface area contributed by atoms with Crippen LogP contribution in [0.25, 0.3) is 0 Å². The van der Waals surface area contributed by atoms with Crippen molar-refractivity contribution in [3.8, 4) is 0 Å². The highest BCUT2D eigenvalue weighted by atomic mass is 32.1. The van der Waals surface area contributed by atoms with Gasteiger partial charge in [-0.15, -0.1) is 11.3 Å². The summed E-state index contributed by atoms with van der Waals surface area (Å²) in [6, 6.07) is 0. The molecule has 84 valence electrons. The summed E-state index contributed by atoms with van der Waals surface area (Å²) < 4.78 is 0. The van der Waals surface area contributed by atoms with Crippen molar-refractivity contribution < 1.29 is 9.90 Å². The minimum Gasteiger partial charge on any atom is -0.477 e. The number of carbonyl (C=O) groups is 1. The number of carboxylic acid groups (broad SMARTS) is 1. The average Bonchev–Trinajstić information content (AvgIpc) is 2.64. The van der Waals surface area contributed by atoms with Crippen LogP contribution in [0.2, 0.25) is 0 Å². The summed E-state index contributed by atoms with van der Waals surface area (Å²) in [4.78, 5) is 15.9. The second-order valence-corrected chi connectivity index (χ2v) is 4.58. The van der Waals surface area contributed by atoms with Crippen LogP contribution in [0.3, 0.4) is 0 Å². The van der Waals surface area contributed by atoms with Crippen molar-refractivity contribution in [1.82, 2.24) is 4.98 Å². The number of hydrogen-bond donors (Lipinski definition) is 1. The Bertz CT molecular complexity index is 342. The zero-order valence-electron chi connectivity index (χ0n) is 9.41. The Hall–Kier alpha value is -0.900. The number of aromatic carboxylic acids is 1. The van der Waals surface area contributed by atoms with Crippen LogP contribution in [0.5, 0.6) is 0 Å². The molecule has 0 saturated carbocycles. The standard InChI is InChI=1S/C11H17NO2S/c1-4-7(5-2)9-10(11(13)14)15-8(6-3)12-9/h7H,4-6H2,1-3H3,(H,13,14). The Balaban J connectivity index is 3.13. The molecule has 0 aliphatic carbocycles. The summed E-state index contributed by atoms with van der Waals surface area (Å²) in [7, 11) is 0. The largest absolute Gasteiger partial charge is 0.477 e. The number of nitrogens with zero attached hydrogens (tertiary/aromatic N) is 1. The van der Waals surface area contributed by atoms with Crippen molar-refractivity contribution in [1.29, 1.82) is 0 Å². The fraction of sp³-hybridized carbons (Fsp3) is 0.636. The third kappa shape index (κ3) is 2.56. The van der Waals surface area contributed by atoms with E-state index in [2.05, 4.69) is 18.8 Å². The summed E-state index contributed by atoms with van der Waals surface area (Å²) in [5, 5.41) is 10.0. The van der Waals surface area contributed by atoms with Gasteiger partial charge in [-0.2, -0.15) is 0 Å². The molecule has 0 aliphatic heterocycles. The van der Waals surface area contributed by atoms with Gasteiger partial charge < -0.3 is 5.11 Å². The van der Waals surface area contributed by atoms with Gasteiger partial charge in [-0.25, -0.2) is 9.78 Å². The van der Waals surface area contributed by atoms with Crippen molar-refractivity contribution in [2.75, 3.05) is 0 Å². The maximum Gasteiger partial charge on any atom is 0.347 e. The number of aryl methyl sites for hydroxylation is 1. The highest BCUT2D eigenvalue weighted by Crippen LogP contribution is 2.29. The Morgan fingerprint density at radius 2 is 2.00 bits per heavy atom. The third-order valence-corrected chi connectivity index (χ3v) is 3.77. The predicted molar refractivity (Wildman–Crippen MR) is 61.8 cm³/mol. The van der Waals surface area contributed by atoms with E-state index in [1.807, 2.05) is 6.92 Å². The van der Waals surface area contributed by atoms with Gasteiger partial charge in [0, 0.05) is 5.92 Å². The monoisotopic (exact) mass is 227 g/mol. The van der Waals surface area contributed by atoms with Crippen LogP contribution < -0.4 is 0 Å². The minimum absolute atomic E-state index is 0.285. The molecular formula is C11H17NO2S. The molecule has 0 aliphatic rings. The summed E-state index contributed by atoms with van der Waals surface area (Å²) in [6.07, 6.45) is 2.71. The lowest BCUT2D eigenvalue weighted by Gasteiger charge is -2.09. The average molecular weight is 227 g/mol. The van der Waals surface area contributed by atoms with Crippen molar-refractivity contribution in [3.05, 3.63) is 15.6 Å². The van der Waals surface area contributed by atoms with Crippen LogP contribution in [-0.4, -0.2) is 16.1 Å². The second-order valence-electron chi connectivity index (χ2n) is 3.49. The molecule has 4 heteroatoms.